The van der Waals surface area contributed by atoms with E-state index in [0.29, 0.717) is 10.6 Å². The molecule has 24 heavy (non-hydrogen) atoms. The van der Waals surface area contributed by atoms with Crippen LogP contribution in [0.15, 0.2) is 18.2 Å². The van der Waals surface area contributed by atoms with Gasteiger partial charge in [-0.25, -0.2) is 0 Å². The van der Waals surface area contributed by atoms with Gasteiger partial charge in [0.15, 0.2) is 0 Å². The van der Waals surface area contributed by atoms with Gasteiger partial charge in [0.25, 0.3) is 0 Å². The third-order valence-electron chi connectivity index (χ3n) is 4.20. The van der Waals surface area contributed by atoms with Gasteiger partial charge in [-0.05, 0) is 24.7 Å². The first-order valence-electron chi connectivity index (χ1n) is 7.64. The van der Waals surface area contributed by atoms with Gasteiger partial charge in [0.05, 0.1) is 11.3 Å². The Bertz CT molecular complexity index is 646. The fourth-order valence-electron chi connectivity index (χ4n) is 2.71. The molecule has 0 aromatic heterocycles. The summed E-state index contributed by atoms with van der Waals surface area (Å²) in [6.07, 6.45) is -4.95. The minimum Gasteiger partial charge on any atom is -0.368 e. The number of carbonyl (C=O) groups is 1. The van der Waals surface area contributed by atoms with Gasteiger partial charge in [0, 0.05) is 38.9 Å². The molecule has 0 radical (unpaired) electrons. The van der Waals surface area contributed by atoms with Gasteiger partial charge < -0.3 is 14.7 Å². The van der Waals surface area contributed by atoms with Gasteiger partial charge in [-0.1, -0.05) is 6.92 Å². The normalized spacial score (nSPS) is 15.9. The molecular weight excluding hydrogens is 321 g/mol. The third kappa shape index (κ3) is 3.79. The van der Waals surface area contributed by atoms with E-state index in [1.54, 1.807) is 6.07 Å². The molecule has 8 heteroatoms. The number of benzene rings is 1. The first-order chi connectivity index (χ1) is 11.3. The average Bonchev–Trinajstić information content (AvgIpc) is 2.59. The molecule has 0 saturated carbocycles. The molecule has 1 aromatic rings. The molecule has 1 aliphatic rings. The highest BCUT2D eigenvalue weighted by Gasteiger charge is 2.41. The van der Waals surface area contributed by atoms with Crippen molar-refractivity contribution < 1.29 is 18.0 Å². The molecule has 0 atom stereocenters. The van der Waals surface area contributed by atoms with Gasteiger partial charge in [-0.2, -0.15) is 18.4 Å². The Balaban J connectivity index is 2.23. The predicted octanol–water partition coefficient (Wildman–Crippen LogP) is 2.23. The van der Waals surface area contributed by atoms with Crippen LogP contribution >= 0.6 is 0 Å². The molecular formula is C16H19F3N4O. The molecule has 1 saturated heterocycles. The Morgan fingerprint density at radius 1 is 1.29 bits per heavy atom. The molecule has 0 aliphatic carbocycles. The van der Waals surface area contributed by atoms with E-state index in [4.69, 9.17) is 0 Å². The molecule has 1 amide bonds. The average molecular weight is 340 g/mol. The summed E-state index contributed by atoms with van der Waals surface area (Å²) in [5.41, 5.74) is 0.994. The number of likely N-dealkylation sites (N-methyl/N-ethyl adjacent to an activating group) is 1. The van der Waals surface area contributed by atoms with Crippen molar-refractivity contribution in [3.05, 3.63) is 23.8 Å². The largest absolute Gasteiger partial charge is 0.471 e. The zero-order valence-electron chi connectivity index (χ0n) is 13.6. The Kier molecular flexibility index (Phi) is 5.34. The summed E-state index contributed by atoms with van der Waals surface area (Å²) in [7, 11) is 1.05. The molecule has 1 aromatic carbocycles. The monoisotopic (exact) mass is 340 g/mol. The Morgan fingerprint density at radius 3 is 2.42 bits per heavy atom. The number of anilines is 2. The maximum Gasteiger partial charge on any atom is 0.471 e. The van der Waals surface area contributed by atoms with Crippen molar-refractivity contribution in [2.75, 3.05) is 49.6 Å². The highest BCUT2D eigenvalue weighted by atomic mass is 19.4. The van der Waals surface area contributed by atoms with Crippen LogP contribution in [0.2, 0.25) is 0 Å². The highest BCUT2D eigenvalue weighted by Crippen LogP contribution is 2.28. The third-order valence-corrected chi connectivity index (χ3v) is 4.20. The van der Waals surface area contributed by atoms with E-state index in [1.807, 2.05) is 11.0 Å². The molecule has 1 heterocycles. The number of amides is 1. The molecule has 1 fully saturated rings. The molecule has 0 spiro atoms. The number of nitrogens with zero attached hydrogens (tertiary/aromatic N) is 4. The van der Waals surface area contributed by atoms with Crippen molar-refractivity contribution in [1.29, 1.82) is 5.26 Å². The molecule has 1 aliphatic heterocycles. The summed E-state index contributed by atoms with van der Waals surface area (Å²) >= 11 is 0. The van der Waals surface area contributed by atoms with Crippen molar-refractivity contribution in [2.24, 2.45) is 0 Å². The van der Waals surface area contributed by atoms with E-state index < -0.39 is 12.1 Å². The minimum atomic E-state index is -4.95. The lowest BCUT2D eigenvalue weighted by atomic mass is 10.1. The zero-order chi connectivity index (χ0) is 17.9. The van der Waals surface area contributed by atoms with E-state index in [-0.39, 0.29) is 11.3 Å². The molecule has 0 unspecified atom stereocenters. The van der Waals surface area contributed by atoms with Crippen molar-refractivity contribution >= 4 is 17.3 Å². The standard InChI is InChI=1S/C16H19F3N4O/c1-3-22-6-8-23(9-7-22)14-5-4-13(10-12(14)11-20)21(2)15(24)16(17,18)19/h4-5,10H,3,6-9H2,1-2H3. The number of nitriles is 1. The van der Waals surface area contributed by atoms with Crippen molar-refractivity contribution in [3.63, 3.8) is 0 Å². The first kappa shape index (κ1) is 18.1. The summed E-state index contributed by atoms with van der Waals surface area (Å²) in [6.45, 7) is 6.28. The number of alkyl halides is 3. The van der Waals surface area contributed by atoms with Crippen LogP contribution in [0.5, 0.6) is 0 Å². The lowest BCUT2D eigenvalue weighted by Gasteiger charge is -2.36. The Hall–Kier alpha value is -2.27. The van der Waals surface area contributed by atoms with E-state index in [0.717, 1.165) is 39.8 Å². The maximum absolute atomic E-state index is 12.5. The lowest BCUT2D eigenvalue weighted by Crippen LogP contribution is -2.46. The van der Waals surface area contributed by atoms with Crippen LogP contribution < -0.4 is 9.80 Å². The fourth-order valence-corrected chi connectivity index (χ4v) is 2.71. The summed E-state index contributed by atoms with van der Waals surface area (Å²) in [6, 6.07) is 6.38. The Morgan fingerprint density at radius 2 is 1.92 bits per heavy atom. The summed E-state index contributed by atoms with van der Waals surface area (Å²) in [4.78, 5) is 16.2. The van der Waals surface area contributed by atoms with Crippen LogP contribution in [0.25, 0.3) is 0 Å². The van der Waals surface area contributed by atoms with E-state index in [1.165, 1.54) is 12.1 Å². The Labute approximate surface area is 138 Å². The molecule has 130 valence electrons. The molecule has 5 nitrogen and oxygen atoms in total. The van der Waals surface area contributed by atoms with Crippen LogP contribution in [0.1, 0.15) is 12.5 Å². The van der Waals surface area contributed by atoms with Crippen molar-refractivity contribution in [3.8, 4) is 6.07 Å². The summed E-state index contributed by atoms with van der Waals surface area (Å²) < 4.78 is 37.6. The topological polar surface area (TPSA) is 50.6 Å². The second-order valence-corrected chi connectivity index (χ2v) is 5.60. The molecule has 0 N–H and O–H groups in total. The van der Waals surface area contributed by atoms with E-state index in [9.17, 15) is 23.2 Å². The zero-order valence-corrected chi connectivity index (χ0v) is 13.6. The van der Waals surface area contributed by atoms with E-state index in [2.05, 4.69) is 11.8 Å². The number of hydrogen-bond acceptors (Lipinski definition) is 4. The second kappa shape index (κ2) is 7.09. The SMILES string of the molecule is CCN1CCN(c2ccc(N(C)C(=O)C(F)(F)F)cc2C#N)CC1. The van der Waals surface area contributed by atoms with Gasteiger partial charge >= 0.3 is 12.1 Å². The number of carbonyl (C=O) groups excluding carboxylic acids is 1. The summed E-state index contributed by atoms with van der Waals surface area (Å²) in [5, 5.41) is 9.34. The van der Waals surface area contributed by atoms with Crippen molar-refractivity contribution in [1.82, 2.24) is 4.90 Å². The predicted molar refractivity (Wildman–Crippen MR) is 84.9 cm³/mol. The van der Waals surface area contributed by atoms with Gasteiger partial charge in [0.1, 0.15) is 6.07 Å². The van der Waals surface area contributed by atoms with Gasteiger partial charge in [0.2, 0.25) is 0 Å². The van der Waals surface area contributed by atoms with Crippen LogP contribution in [-0.4, -0.2) is 56.8 Å². The van der Waals surface area contributed by atoms with Gasteiger partial charge in [-0.15, -0.1) is 0 Å². The van der Waals surface area contributed by atoms with Gasteiger partial charge in [-0.3, -0.25) is 4.79 Å². The quantitative estimate of drug-likeness (QED) is 0.847. The van der Waals surface area contributed by atoms with Crippen LogP contribution in [0.3, 0.4) is 0 Å². The van der Waals surface area contributed by atoms with Crippen molar-refractivity contribution in [2.45, 2.75) is 13.1 Å². The number of piperazine rings is 1. The first-order valence-corrected chi connectivity index (χ1v) is 7.64. The fraction of sp³-hybridized carbons (Fsp3) is 0.500. The van der Waals surface area contributed by atoms with Crippen LogP contribution in [-0.2, 0) is 4.79 Å². The number of rotatable bonds is 3. The van der Waals surface area contributed by atoms with Crippen LogP contribution in [0.4, 0.5) is 24.5 Å². The minimum absolute atomic E-state index is 0.0461. The second-order valence-electron chi connectivity index (χ2n) is 5.60. The smallest absolute Gasteiger partial charge is 0.368 e. The van der Waals surface area contributed by atoms with Crippen LogP contribution in [0, 0.1) is 11.3 Å². The highest BCUT2D eigenvalue weighted by molar-refractivity contribution is 5.97. The lowest BCUT2D eigenvalue weighted by molar-refractivity contribution is -0.170. The van der Waals surface area contributed by atoms with E-state index >= 15 is 0 Å². The summed E-state index contributed by atoms with van der Waals surface area (Å²) in [5.74, 6) is -1.96. The number of halogens is 3. The maximum atomic E-state index is 12.5. The number of hydrogen-bond donors (Lipinski definition) is 0. The molecule has 2 rings (SSSR count). The molecule has 0 bridgehead atoms.